The van der Waals surface area contributed by atoms with Crippen molar-refractivity contribution in [2.45, 2.75) is 29.7 Å². The molecule has 0 radical (unpaired) electrons. The fraction of sp³-hybridized carbons (Fsp3) is 1.00. The molecule has 2 rings (SSSR count). The molecule has 2 fully saturated rings. The van der Waals surface area contributed by atoms with Gasteiger partial charge in [0.05, 0.1) is 13.2 Å². The van der Waals surface area contributed by atoms with Crippen LogP contribution in [0.3, 0.4) is 0 Å². The van der Waals surface area contributed by atoms with Crippen LogP contribution in [0.1, 0.15) is 6.42 Å². The molecule has 14 heavy (non-hydrogen) atoms. The Morgan fingerprint density at radius 1 is 1.50 bits per heavy atom. The molecule has 0 N–H and O–H groups in total. The zero-order valence-corrected chi connectivity index (χ0v) is 9.33. The van der Waals surface area contributed by atoms with E-state index in [0.717, 1.165) is 6.42 Å². The van der Waals surface area contributed by atoms with Crippen LogP contribution in [0.15, 0.2) is 0 Å². The summed E-state index contributed by atoms with van der Waals surface area (Å²) in [5.41, 5.74) is -0.573. The third kappa shape index (κ3) is 1.47. The van der Waals surface area contributed by atoms with Crippen LogP contribution in [-0.2, 0) is 18.9 Å². The maximum Gasteiger partial charge on any atom is 0.130 e. The fourth-order valence-corrected chi connectivity index (χ4v) is 2.80. The summed E-state index contributed by atoms with van der Waals surface area (Å²) in [4.78, 5) is 0. The van der Waals surface area contributed by atoms with Gasteiger partial charge in [-0.3, -0.25) is 0 Å². The first kappa shape index (κ1) is 10.7. The second-order valence-electron chi connectivity index (χ2n) is 3.75. The van der Waals surface area contributed by atoms with Crippen molar-refractivity contribution in [1.29, 1.82) is 0 Å². The molecular formula is C9H16O4S. The van der Waals surface area contributed by atoms with Crippen LogP contribution in [-0.4, -0.2) is 50.7 Å². The Bertz CT molecular complexity index is 209. The highest BCUT2D eigenvalue weighted by atomic mass is 32.1. The van der Waals surface area contributed by atoms with Crippen LogP contribution < -0.4 is 0 Å². The number of thiol groups is 1. The van der Waals surface area contributed by atoms with E-state index in [-0.39, 0.29) is 23.2 Å². The highest BCUT2D eigenvalue weighted by molar-refractivity contribution is 7.80. The lowest BCUT2D eigenvalue weighted by molar-refractivity contribution is -0.155. The van der Waals surface area contributed by atoms with Gasteiger partial charge in [-0.15, -0.1) is 12.6 Å². The Labute approximate surface area is 89.3 Å². The van der Waals surface area contributed by atoms with Gasteiger partial charge in [-0.2, -0.15) is 0 Å². The molecule has 2 aliphatic rings. The molecule has 2 unspecified atom stereocenters. The summed E-state index contributed by atoms with van der Waals surface area (Å²) in [6.07, 6.45) is 0.651. The van der Waals surface area contributed by atoms with E-state index in [2.05, 4.69) is 12.6 Å². The summed E-state index contributed by atoms with van der Waals surface area (Å²) in [5.74, 6) is 0. The topological polar surface area (TPSA) is 36.9 Å². The van der Waals surface area contributed by atoms with Gasteiger partial charge in [0.2, 0.25) is 0 Å². The SMILES string of the molecule is COC[C@]12CCOC(C1OC)[C@H](S)O2. The number of hydrogen-bond donors (Lipinski definition) is 1. The standard InChI is InChI=1S/C9H16O4S/c1-10-5-9-3-4-12-6(7(9)11-2)8(14)13-9/h6-8,14H,3-5H2,1-2H3/t6?,7?,8-,9+/m0/s1. The van der Waals surface area contributed by atoms with Gasteiger partial charge in [0.25, 0.3) is 0 Å². The second kappa shape index (κ2) is 3.98. The van der Waals surface area contributed by atoms with Crippen LogP contribution in [0.4, 0.5) is 0 Å². The van der Waals surface area contributed by atoms with E-state index in [1.165, 1.54) is 0 Å². The molecule has 0 saturated carbocycles. The molecule has 2 bridgehead atoms. The van der Waals surface area contributed by atoms with E-state index in [4.69, 9.17) is 18.9 Å². The largest absolute Gasteiger partial charge is 0.382 e. The summed E-state index contributed by atoms with van der Waals surface area (Å²) in [5, 5.41) is 0. The summed E-state index contributed by atoms with van der Waals surface area (Å²) in [7, 11) is 3.34. The number of ether oxygens (including phenoxy) is 4. The summed E-state index contributed by atoms with van der Waals surface area (Å²) < 4.78 is 22.0. The lowest BCUT2D eigenvalue weighted by Gasteiger charge is -2.37. The minimum absolute atomic E-state index is 0.0706. The van der Waals surface area contributed by atoms with Crippen LogP contribution in [0.5, 0.6) is 0 Å². The molecule has 2 aliphatic heterocycles. The Morgan fingerprint density at radius 2 is 2.29 bits per heavy atom. The van der Waals surface area contributed by atoms with E-state index < -0.39 is 0 Å². The summed E-state index contributed by atoms with van der Waals surface area (Å²) >= 11 is 4.34. The fourth-order valence-electron chi connectivity index (χ4n) is 2.34. The zero-order valence-electron chi connectivity index (χ0n) is 8.43. The lowest BCUT2D eigenvalue weighted by Crippen LogP contribution is -2.52. The van der Waals surface area contributed by atoms with Gasteiger partial charge in [0, 0.05) is 20.6 Å². The molecular weight excluding hydrogens is 204 g/mol. The maximum atomic E-state index is 5.81. The highest BCUT2D eigenvalue weighted by Gasteiger charge is 2.57. The predicted molar refractivity (Wildman–Crippen MR) is 53.6 cm³/mol. The van der Waals surface area contributed by atoms with Crippen molar-refractivity contribution < 1.29 is 18.9 Å². The molecule has 4 atom stereocenters. The van der Waals surface area contributed by atoms with Gasteiger partial charge in [0.15, 0.2) is 0 Å². The predicted octanol–water partition coefficient (Wildman–Crippen LogP) is 0.462. The summed E-state index contributed by atoms with van der Waals surface area (Å²) in [6.45, 7) is 1.22. The molecule has 0 spiro atoms. The minimum Gasteiger partial charge on any atom is -0.382 e. The Hall–Kier alpha value is 0.190. The first-order valence-corrected chi connectivity index (χ1v) is 5.24. The lowest BCUT2D eigenvalue weighted by atomic mass is 9.90. The molecule has 0 amide bonds. The number of rotatable bonds is 3. The van der Waals surface area contributed by atoms with Gasteiger partial charge in [0.1, 0.15) is 23.2 Å². The zero-order chi connectivity index (χ0) is 10.2. The number of methoxy groups -OCH3 is 2. The molecule has 2 saturated heterocycles. The van der Waals surface area contributed by atoms with Crippen LogP contribution >= 0.6 is 12.6 Å². The smallest absolute Gasteiger partial charge is 0.130 e. The first-order chi connectivity index (χ1) is 6.73. The van der Waals surface area contributed by atoms with E-state index in [1.807, 2.05) is 0 Å². The third-order valence-electron chi connectivity index (χ3n) is 2.93. The van der Waals surface area contributed by atoms with Gasteiger partial charge in [-0.05, 0) is 0 Å². The number of fused-ring (bicyclic) bond motifs is 2. The average molecular weight is 220 g/mol. The maximum absolute atomic E-state index is 5.81. The molecule has 0 aromatic rings. The van der Waals surface area contributed by atoms with Gasteiger partial charge < -0.3 is 18.9 Å². The molecule has 5 heteroatoms. The third-order valence-corrected chi connectivity index (χ3v) is 3.33. The Morgan fingerprint density at radius 3 is 2.93 bits per heavy atom. The Balaban J connectivity index is 2.20. The number of hydrogen-bond acceptors (Lipinski definition) is 5. The highest BCUT2D eigenvalue weighted by Crippen LogP contribution is 2.42. The Kier molecular flexibility index (Phi) is 3.04. The van der Waals surface area contributed by atoms with Crippen molar-refractivity contribution in [2.75, 3.05) is 27.4 Å². The van der Waals surface area contributed by atoms with Crippen LogP contribution in [0, 0.1) is 0 Å². The second-order valence-corrected chi connectivity index (χ2v) is 4.26. The van der Waals surface area contributed by atoms with E-state index in [9.17, 15) is 0 Å². The van der Waals surface area contributed by atoms with Crippen LogP contribution in [0.25, 0.3) is 0 Å². The van der Waals surface area contributed by atoms with Crippen molar-refractivity contribution in [3.63, 3.8) is 0 Å². The summed E-state index contributed by atoms with van der Waals surface area (Å²) in [6, 6.07) is 0. The molecule has 4 nitrogen and oxygen atoms in total. The molecule has 82 valence electrons. The monoisotopic (exact) mass is 220 g/mol. The first-order valence-electron chi connectivity index (χ1n) is 4.73. The van der Waals surface area contributed by atoms with Crippen molar-refractivity contribution in [3.05, 3.63) is 0 Å². The van der Waals surface area contributed by atoms with E-state index in [1.54, 1.807) is 14.2 Å². The van der Waals surface area contributed by atoms with Crippen molar-refractivity contribution in [2.24, 2.45) is 0 Å². The molecule has 0 aromatic heterocycles. The van der Waals surface area contributed by atoms with Gasteiger partial charge >= 0.3 is 0 Å². The quantitative estimate of drug-likeness (QED) is 0.701. The molecule has 2 heterocycles. The van der Waals surface area contributed by atoms with Crippen LogP contribution in [0.2, 0.25) is 0 Å². The van der Waals surface area contributed by atoms with Crippen molar-refractivity contribution in [3.8, 4) is 0 Å². The average Bonchev–Trinajstić information content (AvgIpc) is 2.30. The van der Waals surface area contributed by atoms with E-state index in [0.29, 0.717) is 13.2 Å². The molecule has 0 aromatic carbocycles. The molecule has 0 aliphatic carbocycles. The van der Waals surface area contributed by atoms with Gasteiger partial charge in [-0.25, -0.2) is 0 Å². The normalized spacial score (nSPS) is 46.9. The van der Waals surface area contributed by atoms with Crippen molar-refractivity contribution in [1.82, 2.24) is 0 Å². The minimum atomic E-state index is -0.362. The van der Waals surface area contributed by atoms with Gasteiger partial charge in [-0.1, -0.05) is 0 Å². The van der Waals surface area contributed by atoms with E-state index >= 15 is 0 Å². The van der Waals surface area contributed by atoms with Crippen molar-refractivity contribution >= 4 is 12.6 Å².